The van der Waals surface area contributed by atoms with Gasteiger partial charge in [0, 0.05) is 58.7 Å². The normalized spacial score (nSPS) is 11.7. The summed E-state index contributed by atoms with van der Waals surface area (Å²) < 4.78 is 0. The molecule has 0 saturated carbocycles. The number of aromatic hydroxyl groups is 3. The van der Waals surface area contributed by atoms with Crippen LogP contribution in [0.15, 0.2) is 103 Å². The van der Waals surface area contributed by atoms with E-state index in [0.29, 0.717) is 16.8 Å². The van der Waals surface area contributed by atoms with Gasteiger partial charge in [0.2, 0.25) is 5.91 Å². The first-order chi connectivity index (χ1) is 28.9. The number of carboxylic acids is 1. The molecule has 0 aromatic heterocycles. The van der Waals surface area contributed by atoms with Gasteiger partial charge >= 0.3 is 5.97 Å². The number of allylic oxidation sites excluding steroid dienone is 1. The molecule has 314 valence electrons. The summed E-state index contributed by atoms with van der Waals surface area (Å²) in [6.07, 6.45) is 1.81. The lowest BCUT2D eigenvalue weighted by Gasteiger charge is -2.20. The number of phenolic OH excluding ortho intramolecular Hbond substituents is 2. The second-order valence-electron chi connectivity index (χ2n) is 14.9. The number of nitrogens with zero attached hydrogens (tertiary/aromatic N) is 1. The first kappa shape index (κ1) is 44.5. The Morgan fingerprint density at radius 3 is 1.77 bits per heavy atom. The van der Waals surface area contributed by atoms with Gasteiger partial charge in [-0.2, -0.15) is 0 Å². The molecule has 0 bridgehead atoms. The molecule has 7 N–H and O–H groups in total. The van der Waals surface area contributed by atoms with Gasteiger partial charge in [0.1, 0.15) is 22.8 Å². The minimum Gasteiger partial charge on any atom is -0.508 e. The molecular weight excluding hydrogens is 781 g/mol. The van der Waals surface area contributed by atoms with Gasteiger partial charge in [-0.05, 0) is 118 Å². The van der Waals surface area contributed by atoms with Crippen LogP contribution in [0.3, 0.4) is 0 Å². The third-order valence-corrected chi connectivity index (χ3v) is 9.99. The minimum absolute atomic E-state index is 0.0764. The highest BCUT2D eigenvalue weighted by atomic mass is 16.4. The minimum atomic E-state index is -1.33. The Morgan fingerprint density at radius 1 is 0.656 bits per heavy atom. The summed E-state index contributed by atoms with van der Waals surface area (Å²) in [6.45, 7) is 4.95. The van der Waals surface area contributed by atoms with Crippen molar-refractivity contribution in [2.75, 3.05) is 36.6 Å². The summed E-state index contributed by atoms with van der Waals surface area (Å²) in [5.41, 5.74) is 3.34. The van der Waals surface area contributed by atoms with Crippen LogP contribution in [0.1, 0.15) is 77.0 Å². The Balaban J connectivity index is 1.17. The highest BCUT2D eigenvalue weighted by molar-refractivity contribution is 6.09. The van der Waals surface area contributed by atoms with Crippen molar-refractivity contribution < 1.29 is 49.2 Å². The summed E-state index contributed by atoms with van der Waals surface area (Å²) in [4.78, 5) is 79.0. The standard InChI is InChI=1S/C47H46N4O10/c1-26(22-29-8-16-35(52)17-9-29)40(53)23-30-6-10-31(11-7-30)41(54)24-33(25-51(4)5)45(58)48-34-14-12-32(13-15-34)44(57)49-38-20-18-36(42(55)27(38)2)46(59)50-39-21-19-37(47(60)61)43(56)28(39)3/h6-22,33,52,55-56H,23-25H2,1-5H3,(H,48,58)(H,49,57)(H,50,59)(H,60,61)/b26-22+/t33-/m0/s1. The van der Waals surface area contributed by atoms with Crippen molar-refractivity contribution in [1.82, 2.24) is 4.90 Å². The molecule has 14 heteroatoms. The van der Waals surface area contributed by atoms with E-state index in [9.17, 15) is 49.2 Å². The van der Waals surface area contributed by atoms with Crippen LogP contribution in [-0.4, -0.2) is 81.2 Å². The SMILES string of the molecule is C/C(=C\c1ccc(O)cc1)C(=O)Cc1ccc(C(=O)C[C@@H](CN(C)C)C(=O)Nc2ccc(C(=O)Nc3ccc(C(=O)Nc4ccc(C(=O)O)c(O)c4C)c(O)c3C)cc2)cc1. The van der Waals surface area contributed by atoms with E-state index in [1.165, 1.54) is 44.2 Å². The van der Waals surface area contributed by atoms with Crippen molar-refractivity contribution in [3.63, 3.8) is 0 Å². The lowest BCUT2D eigenvalue weighted by Crippen LogP contribution is -2.33. The van der Waals surface area contributed by atoms with Crippen molar-refractivity contribution in [3.05, 3.63) is 147 Å². The molecular formula is C47H46N4O10. The van der Waals surface area contributed by atoms with Gasteiger partial charge in [0.15, 0.2) is 11.6 Å². The third-order valence-electron chi connectivity index (χ3n) is 9.99. The van der Waals surface area contributed by atoms with Crippen molar-refractivity contribution in [2.45, 2.75) is 33.6 Å². The zero-order chi connectivity index (χ0) is 44.5. The zero-order valence-electron chi connectivity index (χ0n) is 34.2. The van der Waals surface area contributed by atoms with Crippen LogP contribution < -0.4 is 16.0 Å². The predicted molar refractivity (Wildman–Crippen MR) is 232 cm³/mol. The Bertz CT molecular complexity index is 2530. The van der Waals surface area contributed by atoms with Crippen LogP contribution in [0.25, 0.3) is 6.08 Å². The number of nitrogens with one attached hydrogen (secondary N) is 3. The third kappa shape index (κ3) is 11.3. The number of phenols is 3. The molecule has 0 aliphatic rings. The highest BCUT2D eigenvalue weighted by Gasteiger charge is 2.25. The van der Waals surface area contributed by atoms with Gasteiger partial charge in [0.25, 0.3) is 11.8 Å². The average molecular weight is 827 g/mol. The van der Waals surface area contributed by atoms with Crippen LogP contribution in [0.2, 0.25) is 0 Å². The summed E-state index contributed by atoms with van der Waals surface area (Å²) in [6, 6.07) is 24.6. The van der Waals surface area contributed by atoms with Gasteiger partial charge in [-0.1, -0.05) is 36.4 Å². The fourth-order valence-electron chi connectivity index (χ4n) is 6.42. The first-order valence-corrected chi connectivity index (χ1v) is 19.1. The molecule has 0 saturated heterocycles. The molecule has 0 radical (unpaired) electrons. The van der Waals surface area contributed by atoms with E-state index in [4.69, 9.17) is 0 Å². The Morgan fingerprint density at radius 2 is 1.20 bits per heavy atom. The molecule has 5 aromatic carbocycles. The number of benzene rings is 5. The molecule has 5 rings (SSSR count). The smallest absolute Gasteiger partial charge is 0.339 e. The van der Waals surface area contributed by atoms with Gasteiger partial charge in [-0.15, -0.1) is 0 Å². The van der Waals surface area contributed by atoms with E-state index in [-0.39, 0.29) is 75.9 Å². The highest BCUT2D eigenvalue weighted by Crippen LogP contribution is 2.33. The molecule has 0 heterocycles. The number of carboxylic acid groups (broad SMARTS) is 1. The molecule has 3 amide bonds. The van der Waals surface area contributed by atoms with Gasteiger partial charge in [-0.25, -0.2) is 4.79 Å². The molecule has 0 spiro atoms. The molecule has 0 aliphatic heterocycles. The molecule has 61 heavy (non-hydrogen) atoms. The van der Waals surface area contributed by atoms with E-state index in [2.05, 4.69) is 16.0 Å². The summed E-state index contributed by atoms with van der Waals surface area (Å²) in [7, 11) is 3.59. The largest absolute Gasteiger partial charge is 0.508 e. The lowest BCUT2D eigenvalue weighted by atomic mass is 9.95. The molecule has 0 unspecified atom stereocenters. The molecule has 1 atom stereocenters. The maximum absolute atomic E-state index is 13.5. The number of amides is 3. The van der Waals surface area contributed by atoms with Crippen LogP contribution in [0.4, 0.5) is 17.1 Å². The summed E-state index contributed by atoms with van der Waals surface area (Å²) in [5.74, 6) is -4.80. The van der Waals surface area contributed by atoms with E-state index >= 15 is 0 Å². The number of hydrogen-bond acceptors (Lipinski definition) is 10. The second-order valence-corrected chi connectivity index (χ2v) is 14.9. The number of anilines is 3. The lowest BCUT2D eigenvalue weighted by molar-refractivity contribution is -0.120. The Kier molecular flexibility index (Phi) is 14.2. The monoisotopic (exact) mass is 826 g/mol. The van der Waals surface area contributed by atoms with Crippen molar-refractivity contribution in [1.29, 1.82) is 0 Å². The molecule has 0 aliphatic carbocycles. The van der Waals surface area contributed by atoms with Crippen LogP contribution in [0.5, 0.6) is 17.2 Å². The van der Waals surface area contributed by atoms with Crippen molar-refractivity contribution in [3.8, 4) is 17.2 Å². The number of aromatic carboxylic acids is 1. The molecule has 14 nitrogen and oxygen atoms in total. The number of ketones is 2. The van der Waals surface area contributed by atoms with Gasteiger partial charge < -0.3 is 41.3 Å². The van der Waals surface area contributed by atoms with Crippen LogP contribution >= 0.6 is 0 Å². The predicted octanol–water partition coefficient (Wildman–Crippen LogP) is 7.23. The van der Waals surface area contributed by atoms with E-state index in [1.807, 2.05) is 0 Å². The number of carbonyl (C=O) groups excluding carboxylic acids is 5. The quantitative estimate of drug-likeness (QED) is 0.0388. The topological polar surface area (TPSA) is 223 Å². The van der Waals surface area contributed by atoms with Crippen molar-refractivity contribution in [2.24, 2.45) is 5.92 Å². The Hall–Kier alpha value is -7.58. The fourth-order valence-corrected chi connectivity index (χ4v) is 6.42. The summed E-state index contributed by atoms with van der Waals surface area (Å²) in [5, 5.41) is 47.9. The van der Waals surface area contributed by atoms with Gasteiger partial charge in [-0.3, -0.25) is 24.0 Å². The van der Waals surface area contributed by atoms with Crippen LogP contribution in [0, 0.1) is 19.8 Å². The van der Waals surface area contributed by atoms with Crippen molar-refractivity contribution >= 4 is 58.4 Å². The second kappa shape index (κ2) is 19.4. The number of Topliss-reactive ketones (excluding diaryl/α,β-unsaturated/α-hetero) is 2. The number of carbonyl (C=O) groups is 6. The van der Waals surface area contributed by atoms with E-state index < -0.39 is 41.1 Å². The molecule has 5 aromatic rings. The Labute approximate surface area is 352 Å². The maximum atomic E-state index is 13.5. The van der Waals surface area contributed by atoms with Crippen LogP contribution in [-0.2, 0) is 16.0 Å². The van der Waals surface area contributed by atoms with Gasteiger partial charge in [0.05, 0.1) is 11.5 Å². The first-order valence-electron chi connectivity index (χ1n) is 19.1. The average Bonchev–Trinajstić information content (AvgIpc) is 3.22. The summed E-state index contributed by atoms with van der Waals surface area (Å²) >= 11 is 0. The number of rotatable bonds is 16. The number of hydrogen-bond donors (Lipinski definition) is 7. The van der Waals surface area contributed by atoms with E-state index in [0.717, 1.165) is 17.2 Å². The molecule has 0 fully saturated rings. The maximum Gasteiger partial charge on any atom is 0.339 e. The fraction of sp³-hybridized carbons (Fsp3) is 0.191. The zero-order valence-corrected chi connectivity index (χ0v) is 34.2. The van der Waals surface area contributed by atoms with E-state index in [1.54, 1.807) is 92.7 Å².